The third kappa shape index (κ3) is 3.72. The van der Waals surface area contributed by atoms with Crippen LogP contribution in [0.15, 0.2) is 72.8 Å². The van der Waals surface area contributed by atoms with Crippen molar-refractivity contribution in [3.8, 4) is 22.6 Å². The predicted octanol–water partition coefficient (Wildman–Crippen LogP) is 5.11. The first-order chi connectivity index (χ1) is 11.1. The Hall–Kier alpha value is -2.74. The maximum atomic E-state index is 9.37. The molecule has 1 unspecified atom stereocenters. The van der Waals surface area contributed by atoms with Crippen LogP contribution in [0.25, 0.3) is 11.1 Å². The minimum absolute atomic E-state index is 0.285. The fourth-order valence-corrected chi connectivity index (χ4v) is 2.76. The number of rotatable bonds is 4. The Balaban J connectivity index is 1.72. The van der Waals surface area contributed by atoms with Crippen molar-refractivity contribution in [3.05, 3.63) is 83.9 Å². The zero-order valence-electron chi connectivity index (χ0n) is 13.1. The van der Waals surface area contributed by atoms with Gasteiger partial charge in [-0.25, -0.2) is 0 Å². The molecule has 0 aliphatic rings. The van der Waals surface area contributed by atoms with E-state index in [0.717, 1.165) is 17.5 Å². The Bertz CT molecular complexity index is 756. The van der Waals surface area contributed by atoms with Crippen molar-refractivity contribution >= 4 is 0 Å². The summed E-state index contributed by atoms with van der Waals surface area (Å²) in [5.74, 6) is 0.988. The van der Waals surface area contributed by atoms with Gasteiger partial charge < -0.3 is 10.2 Å². The summed E-state index contributed by atoms with van der Waals surface area (Å²) in [5.41, 5.74) is 4.76. The lowest BCUT2D eigenvalue weighted by atomic mass is 9.93. The quantitative estimate of drug-likeness (QED) is 0.703. The SMILES string of the molecule is CC(Cc1ccc(-c2ccc(O)cc2)cc1)c1ccc(O)cc1. The number of phenolic OH excluding ortho intramolecular Hbond substituents is 2. The molecule has 0 aromatic heterocycles. The molecule has 116 valence electrons. The van der Waals surface area contributed by atoms with Gasteiger partial charge in [0.05, 0.1) is 0 Å². The van der Waals surface area contributed by atoms with Gasteiger partial charge in [-0.05, 0) is 58.9 Å². The van der Waals surface area contributed by atoms with Gasteiger partial charge in [0.2, 0.25) is 0 Å². The van der Waals surface area contributed by atoms with Crippen LogP contribution < -0.4 is 0 Å². The Morgan fingerprint density at radius 2 is 1.09 bits per heavy atom. The first-order valence-corrected chi connectivity index (χ1v) is 7.79. The van der Waals surface area contributed by atoms with E-state index >= 15 is 0 Å². The van der Waals surface area contributed by atoms with Gasteiger partial charge in [-0.1, -0.05) is 55.5 Å². The third-order valence-electron chi connectivity index (χ3n) is 4.16. The summed E-state index contributed by atoms with van der Waals surface area (Å²) in [4.78, 5) is 0. The number of hydrogen-bond acceptors (Lipinski definition) is 2. The van der Waals surface area contributed by atoms with Gasteiger partial charge in [-0.2, -0.15) is 0 Å². The molecule has 0 bridgehead atoms. The van der Waals surface area contributed by atoms with Gasteiger partial charge in [-0.15, -0.1) is 0 Å². The molecule has 2 N–H and O–H groups in total. The van der Waals surface area contributed by atoms with Gasteiger partial charge in [-0.3, -0.25) is 0 Å². The van der Waals surface area contributed by atoms with E-state index in [1.807, 2.05) is 24.3 Å². The lowest BCUT2D eigenvalue weighted by Crippen LogP contribution is -1.98. The lowest BCUT2D eigenvalue weighted by Gasteiger charge is -2.12. The van der Waals surface area contributed by atoms with E-state index in [-0.39, 0.29) is 5.75 Å². The van der Waals surface area contributed by atoms with Crippen LogP contribution in [0.1, 0.15) is 24.0 Å². The summed E-state index contributed by atoms with van der Waals surface area (Å²) in [5, 5.41) is 18.7. The number of hydrogen-bond donors (Lipinski definition) is 2. The molecule has 3 rings (SSSR count). The Labute approximate surface area is 136 Å². The summed E-state index contributed by atoms with van der Waals surface area (Å²) in [6.45, 7) is 2.19. The van der Waals surface area contributed by atoms with Crippen molar-refractivity contribution in [2.75, 3.05) is 0 Å². The van der Waals surface area contributed by atoms with E-state index in [1.165, 1.54) is 11.1 Å². The minimum atomic E-state index is 0.285. The highest BCUT2D eigenvalue weighted by molar-refractivity contribution is 5.64. The van der Waals surface area contributed by atoms with Crippen molar-refractivity contribution < 1.29 is 10.2 Å². The minimum Gasteiger partial charge on any atom is -0.508 e. The van der Waals surface area contributed by atoms with E-state index in [4.69, 9.17) is 0 Å². The zero-order chi connectivity index (χ0) is 16.2. The molecule has 0 aliphatic heterocycles. The van der Waals surface area contributed by atoms with Crippen molar-refractivity contribution in [1.29, 1.82) is 0 Å². The molecular formula is C21H20O2. The molecule has 2 nitrogen and oxygen atoms in total. The van der Waals surface area contributed by atoms with Crippen LogP contribution in [0.5, 0.6) is 11.5 Å². The zero-order valence-corrected chi connectivity index (χ0v) is 13.1. The summed E-state index contributed by atoms with van der Waals surface area (Å²) in [6.07, 6.45) is 0.959. The average molecular weight is 304 g/mol. The maximum Gasteiger partial charge on any atom is 0.115 e. The van der Waals surface area contributed by atoms with E-state index in [9.17, 15) is 10.2 Å². The van der Waals surface area contributed by atoms with Crippen molar-refractivity contribution in [1.82, 2.24) is 0 Å². The predicted molar refractivity (Wildman–Crippen MR) is 93.8 cm³/mol. The fraction of sp³-hybridized carbons (Fsp3) is 0.143. The van der Waals surface area contributed by atoms with Crippen LogP contribution >= 0.6 is 0 Å². The highest BCUT2D eigenvalue weighted by atomic mass is 16.3. The van der Waals surface area contributed by atoms with E-state index in [2.05, 4.69) is 31.2 Å². The van der Waals surface area contributed by atoms with Crippen molar-refractivity contribution in [2.24, 2.45) is 0 Å². The molecule has 0 amide bonds. The molecule has 3 aromatic rings. The lowest BCUT2D eigenvalue weighted by molar-refractivity contribution is 0.474. The monoisotopic (exact) mass is 304 g/mol. The second kappa shape index (κ2) is 6.57. The van der Waals surface area contributed by atoms with Crippen LogP contribution in [0.4, 0.5) is 0 Å². The summed E-state index contributed by atoms with van der Waals surface area (Å²) in [7, 11) is 0. The van der Waals surface area contributed by atoms with Crippen LogP contribution in [0.3, 0.4) is 0 Å². The molecule has 2 heteroatoms. The van der Waals surface area contributed by atoms with Gasteiger partial charge >= 0.3 is 0 Å². The van der Waals surface area contributed by atoms with Gasteiger partial charge in [0.1, 0.15) is 11.5 Å². The molecule has 0 saturated heterocycles. The van der Waals surface area contributed by atoms with Crippen LogP contribution in [-0.4, -0.2) is 10.2 Å². The summed E-state index contributed by atoms with van der Waals surface area (Å²) in [6, 6.07) is 23.2. The average Bonchev–Trinajstić information content (AvgIpc) is 2.57. The van der Waals surface area contributed by atoms with E-state index in [1.54, 1.807) is 24.3 Å². The molecule has 0 heterocycles. The Kier molecular flexibility index (Phi) is 4.33. The molecule has 1 atom stereocenters. The maximum absolute atomic E-state index is 9.37. The fourth-order valence-electron chi connectivity index (χ4n) is 2.76. The van der Waals surface area contributed by atoms with Crippen molar-refractivity contribution in [2.45, 2.75) is 19.3 Å². The summed E-state index contributed by atoms with van der Waals surface area (Å²) < 4.78 is 0. The van der Waals surface area contributed by atoms with Gasteiger partial charge in [0.15, 0.2) is 0 Å². The molecule has 0 fully saturated rings. The first-order valence-electron chi connectivity index (χ1n) is 7.79. The molecule has 0 spiro atoms. The first kappa shape index (κ1) is 15.2. The van der Waals surface area contributed by atoms with Crippen LogP contribution in [-0.2, 0) is 6.42 Å². The summed E-state index contributed by atoms with van der Waals surface area (Å²) >= 11 is 0. The van der Waals surface area contributed by atoms with Crippen LogP contribution in [0.2, 0.25) is 0 Å². The topological polar surface area (TPSA) is 40.5 Å². The molecule has 0 saturated carbocycles. The third-order valence-corrected chi connectivity index (χ3v) is 4.16. The molecule has 0 aliphatic carbocycles. The van der Waals surface area contributed by atoms with E-state index < -0.39 is 0 Å². The number of benzene rings is 3. The standard InChI is InChI=1S/C21H20O2/c1-15(17-6-10-20(22)11-7-17)14-16-2-4-18(5-3-16)19-8-12-21(23)13-9-19/h2-13,15,22-23H,14H2,1H3. The highest BCUT2D eigenvalue weighted by Gasteiger charge is 2.07. The largest absolute Gasteiger partial charge is 0.508 e. The molecule has 3 aromatic carbocycles. The van der Waals surface area contributed by atoms with E-state index in [0.29, 0.717) is 11.7 Å². The second-order valence-electron chi connectivity index (χ2n) is 5.94. The van der Waals surface area contributed by atoms with Gasteiger partial charge in [0.25, 0.3) is 0 Å². The normalized spacial score (nSPS) is 12.0. The Morgan fingerprint density at radius 1 is 0.652 bits per heavy atom. The smallest absolute Gasteiger partial charge is 0.115 e. The molecule has 0 radical (unpaired) electrons. The van der Waals surface area contributed by atoms with Crippen LogP contribution in [0, 0.1) is 0 Å². The number of phenols is 2. The van der Waals surface area contributed by atoms with Gasteiger partial charge in [0, 0.05) is 0 Å². The van der Waals surface area contributed by atoms with Crippen molar-refractivity contribution in [3.63, 3.8) is 0 Å². The highest BCUT2D eigenvalue weighted by Crippen LogP contribution is 2.25. The molecule has 23 heavy (non-hydrogen) atoms. The second-order valence-corrected chi connectivity index (χ2v) is 5.94. The Morgan fingerprint density at radius 3 is 1.61 bits per heavy atom. The molecular weight excluding hydrogens is 284 g/mol. The number of aromatic hydroxyl groups is 2.